The molecule has 0 bridgehead atoms. The number of benzene rings is 1. The Morgan fingerprint density at radius 3 is 2.24 bits per heavy atom. The van der Waals surface area contributed by atoms with Gasteiger partial charge in [-0.3, -0.25) is 0 Å². The number of hydrogen-bond donors (Lipinski definition) is 2. The summed E-state index contributed by atoms with van der Waals surface area (Å²) in [5.41, 5.74) is 4.90. The normalized spacial score (nSPS) is 26.0. The SMILES string of the molecule is COc1ccc(C2C(S(C)(=O)=O)C2(CN)NC(=O)OC(C)(C)C)cc1. The molecule has 0 aliphatic heterocycles. The van der Waals surface area contributed by atoms with Crippen molar-refractivity contribution in [3.8, 4) is 5.75 Å². The van der Waals surface area contributed by atoms with Gasteiger partial charge in [0, 0.05) is 18.7 Å². The summed E-state index contributed by atoms with van der Waals surface area (Å²) < 4.78 is 34.9. The lowest BCUT2D eigenvalue weighted by Gasteiger charge is -2.24. The first-order valence-electron chi connectivity index (χ1n) is 7.98. The van der Waals surface area contributed by atoms with Crippen molar-refractivity contribution in [1.29, 1.82) is 0 Å². The van der Waals surface area contributed by atoms with E-state index in [1.807, 2.05) is 0 Å². The Balaban J connectivity index is 2.34. The van der Waals surface area contributed by atoms with Gasteiger partial charge in [-0.1, -0.05) is 12.1 Å². The summed E-state index contributed by atoms with van der Waals surface area (Å²) in [4.78, 5) is 12.2. The highest BCUT2D eigenvalue weighted by Gasteiger charge is 2.70. The second-order valence-corrected chi connectivity index (χ2v) is 9.54. The standard InChI is InChI=1S/C17H26N2O5S/c1-16(2,3)24-15(20)19-17(10-18)13(14(17)25(5,21)22)11-6-8-12(23-4)9-7-11/h6-9,13-14H,10,18H2,1-5H3,(H,19,20). The predicted octanol–water partition coefficient (Wildman–Crippen LogP) is 1.43. The van der Waals surface area contributed by atoms with Crippen LogP contribution in [0.5, 0.6) is 5.75 Å². The maximum Gasteiger partial charge on any atom is 0.408 e. The largest absolute Gasteiger partial charge is 0.497 e. The van der Waals surface area contributed by atoms with E-state index in [0.717, 1.165) is 11.8 Å². The molecular formula is C17H26N2O5S. The quantitative estimate of drug-likeness (QED) is 0.812. The summed E-state index contributed by atoms with van der Waals surface area (Å²) in [5, 5.41) is 1.91. The number of alkyl carbamates (subject to hydrolysis) is 1. The van der Waals surface area contributed by atoms with Crippen molar-refractivity contribution in [3.05, 3.63) is 29.8 Å². The van der Waals surface area contributed by atoms with E-state index < -0.39 is 38.2 Å². The third-order valence-corrected chi connectivity index (χ3v) is 5.88. The molecular weight excluding hydrogens is 344 g/mol. The van der Waals surface area contributed by atoms with Crippen LogP contribution in [0, 0.1) is 0 Å². The van der Waals surface area contributed by atoms with Gasteiger partial charge in [-0.15, -0.1) is 0 Å². The predicted molar refractivity (Wildman–Crippen MR) is 95.5 cm³/mol. The summed E-state index contributed by atoms with van der Waals surface area (Å²) in [5.74, 6) is 0.227. The highest BCUT2D eigenvalue weighted by atomic mass is 32.2. The Bertz CT molecular complexity index is 739. The lowest BCUT2D eigenvalue weighted by Crippen LogP contribution is -2.48. The summed E-state index contributed by atoms with van der Waals surface area (Å²) in [6.07, 6.45) is 0.477. The molecule has 1 amide bonds. The Labute approximate surface area is 148 Å². The van der Waals surface area contributed by atoms with Gasteiger partial charge >= 0.3 is 6.09 Å². The highest BCUT2D eigenvalue weighted by Crippen LogP contribution is 2.55. The van der Waals surface area contributed by atoms with Crippen LogP contribution in [0.15, 0.2) is 24.3 Å². The number of carbonyl (C=O) groups excluding carboxylic acids is 1. The minimum atomic E-state index is -3.43. The van der Waals surface area contributed by atoms with Gasteiger partial charge in [0.25, 0.3) is 0 Å². The molecule has 8 heteroatoms. The Kier molecular flexibility index (Phi) is 5.07. The van der Waals surface area contributed by atoms with Gasteiger partial charge in [-0.25, -0.2) is 13.2 Å². The van der Waals surface area contributed by atoms with E-state index in [-0.39, 0.29) is 6.54 Å². The fourth-order valence-electron chi connectivity index (χ4n) is 3.25. The minimum Gasteiger partial charge on any atom is -0.497 e. The third kappa shape index (κ3) is 4.07. The lowest BCUT2D eigenvalue weighted by atomic mass is 10.1. The molecule has 1 aromatic rings. The molecule has 3 unspecified atom stereocenters. The average Bonchev–Trinajstić information content (AvgIpc) is 3.14. The van der Waals surface area contributed by atoms with E-state index >= 15 is 0 Å². The summed E-state index contributed by atoms with van der Waals surface area (Å²) in [6.45, 7) is 5.21. The fraction of sp³-hybridized carbons (Fsp3) is 0.588. The number of carbonyl (C=O) groups is 1. The van der Waals surface area contributed by atoms with E-state index in [1.54, 1.807) is 52.1 Å². The summed E-state index contributed by atoms with van der Waals surface area (Å²) in [7, 11) is -1.88. The Morgan fingerprint density at radius 2 is 1.84 bits per heavy atom. The highest BCUT2D eigenvalue weighted by molar-refractivity contribution is 7.91. The molecule has 3 atom stereocenters. The number of amides is 1. The molecule has 1 fully saturated rings. The van der Waals surface area contributed by atoms with E-state index in [9.17, 15) is 13.2 Å². The van der Waals surface area contributed by atoms with Crippen molar-refractivity contribution in [2.75, 3.05) is 19.9 Å². The van der Waals surface area contributed by atoms with Crippen LogP contribution in [0.2, 0.25) is 0 Å². The summed E-state index contributed by atoms with van der Waals surface area (Å²) >= 11 is 0. The number of ether oxygens (including phenoxy) is 2. The number of nitrogens with two attached hydrogens (primary N) is 1. The van der Waals surface area contributed by atoms with Crippen LogP contribution in [0.3, 0.4) is 0 Å². The van der Waals surface area contributed by atoms with Gasteiger partial charge in [0.1, 0.15) is 11.4 Å². The molecule has 1 saturated carbocycles. The number of hydrogen-bond acceptors (Lipinski definition) is 6. The zero-order valence-electron chi connectivity index (χ0n) is 15.2. The lowest BCUT2D eigenvalue weighted by molar-refractivity contribution is 0.0497. The Morgan fingerprint density at radius 1 is 1.28 bits per heavy atom. The number of methoxy groups -OCH3 is 1. The topological polar surface area (TPSA) is 108 Å². The van der Waals surface area contributed by atoms with Gasteiger partial charge < -0.3 is 20.5 Å². The molecule has 1 aromatic carbocycles. The minimum absolute atomic E-state index is 0.0132. The monoisotopic (exact) mass is 370 g/mol. The van der Waals surface area contributed by atoms with Gasteiger partial charge in [0.2, 0.25) is 0 Å². The molecule has 0 aromatic heterocycles. The first-order valence-corrected chi connectivity index (χ1v) is 9.94. The van der Waals surface area contributed by atoms with Crippen molar-refractivity contribution in [2.24, 2.45) is 5.73 Å². The average molecular weight is 370 g/mol. The van der Waals surface area contributed by atoms with Crippen LogP contribution in [0.25, 0.3) is 0 Å². The van der Waals surface area contributed by atoms with Gasteiger partial charge in [-0.2, -0.15) is 0 Å². The first-order chi connectivity index (χ1) is 11.4. The van der Waals surface area contributed by atoms with Crippen molar-refractivity contribution >= 4 is 15.9 Å². The maximum atomic E-state index is 12.3. The molecule has 2 rings (SSSR count). The first kappa shape index (κ1) is 19.5. The number of sulfone groups is 1. The third-order valence-electron chi connectivity index (χ3n) is 4.26. The molecule has 1 aliphatic carbocycles. The zero-order valence-corrected chi connectivity index (χ0v) is 16.0. The maximum absolute atomic E-state index is 12.3. The molecule has 0 saturated heterocycles. The van der Waals surface area contributed by atoms with Crippen LogP contribution in [0.4, 0.5) is 4.79 Å². The van der Waals surface area contributed by atoms with Crippen LogP contribution < -0.4 is 15.8 Å². The second kappa shape index (κ2) is 6.49. The zero-order chi connectivity index (χ0) is 19.0. The molecule has 3 N–H and O–H groups in total. The van der Waals surface area contributed by atoms with Crippen LogP contribution >= 0.6 is 0 Å². The smallest absolute Gasteiger partial charge is 0.408 e. The summed E-state index contributed by atoms with van der Waals surface area (Å²) in [6, 6.07) is 7.08. The molecule has 0 radical (unpaired) electrons. The van der Waals surface area contributed by atoms with Gasteiger partial charge in [-0.05, 0) is 38.5 Å². The van der Waals surface area contributed by atoms with Crippen LogP contribution in [-0.2, 0) is 14.6 Å². The van der Waals surface area contributed by atoms with Crippen LogP contribution in [0.1, 0.15) is 32.3 Å². The van der Waals surface area contributed by atoms with E-state index in [1.165, 1.54) is 0 Å². The van der Waals surface area contributed by atoms with Crippen LogP contribution in [-0.4, -0.2) is 50.8 Å². The van der Waals surface area contributed by atoms with Crippen molar-refractivity contribution < 1.29 is 22.7 Å². The van der Waals surface area contributed by atoms with Gasteiger partial charge in [0.15, 0.2) is 9.84 Å². The fourth-order valence-corrected chi connectivity index (χ4v) is 5.14. The molecule has 1 aliphatic rings. The van der Waals surface area contributed by atoms with Crippen molar-refractivity contribution in [1.82, 2.24) is 5.32 Å². The molecule has 7 nitrogen and oxygen atoms in total. The van der Waals surface area contributed by atoms with E-state index in [0.29, 0.717) is 5.75 Å². The number of rotatable bonds is 5. The number of nitrogens with one attached hydrogen (secondary N) is 1. The molecule has 0 heterocycles. The molecule has 0 spiro atoms. The van der Waals surface area contributed by atoms with E-state index in [2.05, 4.69) is 5.32 Å². The molecule has 25 heavy (non-hydrogen) atoms. The van der Waals surface area contributed by atoms with Crippen molar-refractivity contribution in [2.45, 2.75) is 43.1 Å². The molecule has 140 valence electrons. The van der Waals surface area contributed by atoms with Crippen molar-refractivity contribution in [3.63, 3.8) is 0 Å². The Hall–Kier alpha value is -1.80. The second-order valence-electron chi connectivity index (χ2n) is 7.37. The van der Waals surface area contributed by atoms with E-state index in [4.69, 9.17) is 15.2 Å². The van der Waals surface area contributed by atoms with Gasteiger partial charge in [0.05, 0.1) is 17.9 Å².